The highest BCUT2D eigenvalue weighted by Crippen LogP contribution is 2.20. The highest BCUT2D eigenvalue weighted by Gasteiger charge is 2.22. The lowest BCUT2D eigenvalue weighted by molar-refractivity contribution is -0.139. The molecule has 1 aliphatic rings. The van der Waals surface area contributed by atoms with Gasteiger partial charge in [0.25, 0.3) is 0 Å². The summed E-state index contributed by atoms with van der Waals surface area (Å²) in [4.78, 5) is 22.9. The van der Waals surface area contributed by atoms with Crippen LogP contribution in [0.3, 0.4) is 0 Å². The molecule has 0 bridgehead atoms. The van der Waals surface area contributed by atoms with E-state index in [1.807, 2.05) is 12.1 Å². The van der Waals surface area contributed by atoms with Crippen molar-refractivity contribution in [2.24, 2.45) is 0 Å². The van der Waals surface area contributed by atoms with Crippen LogP contribution in [-0.4, -0.2) is 29.2 Å². The number of urea groups is 1. The van der Waals surface area contributed by atoms with Crippen LogP contribution >= 0.6 is 0 Å². The summed E-state index contributed by atoms with van der Waals surface area (Å²) < 4.78 is 0. The number of nitrogens with one attached hydrogen (secondary N) is 2. The van der Waals surface area contributed by atoms with E-state index in [4.69, 9.17) is 5.11 Å². The van der Waals surface area contributed by atoms with E-state index in [9.17, 15) is 9.59 Å². The van der Waals surface area contributed by atoms with Gasteiger partial charge < -0.3 is 15.7 Å². The van der Waals surface area contributed by atoms with Crippen LogP contribution in [0.4, 0.5) is 4.79 Å². The Bertz CT molecular complexity index is 542. The first kappa shape index (κ1) is 15.1. The summed E-state index contributed by atoms with van der Waals surface area (Å²) in [5, 5.41) is 14.3. The van der Waals surface area contributed by atoms with E-state index < -0.39 is 18.0 Å². The Kier molecular flexibility index (Phi) is 4.98. The van der Waals surface area contributed by atoms with Crippen molar-refractivity contribution in [3.63, 3.8) is 0 Å². The van der Waals surface area contributed by atoms with Gasteiger partial charge in [-0.3, -0.25) is 0 Å². The third kappa shape index (κ3) is 4.08. The molecule has 2 atom stereocenters. The third-order valence-corrected chi connectivity index (χ3v) is 3.69. The fourth-order valence-electron chi connectivity index (χ4n) is 2.59. The van der Waals surface area contributed by atoms with Crippen LogP contribution in [0.1, 0.15) is 24.0 Å². The van der Waals surface area contributed by atoms with Gasteiger partial charge in [0.15, 0.2) is 0 Å². The van der Waals surface area contributed by atoms with E-state index in [-0.39, 0.29) is 12.5 Å². The molecule has 0 aromatic heterocycles. The lowest BCUT2D eigenvalue weighted by atomic mass is 9.88. The molecule has 0 fully saturated rings. The van der Waals surface area contributed by atoms with Crippen molar-refractivity contribution in [1.29, 1.82) is 0 Å². The number of benzene rings is 1. The quantitative estimate of drug-likeness (QED) is 0.724. The average Bonchev–Trinajstić information content (AvgIpc) is 2.46. The molecule has 2 unspecified atom stereocenters. The molecule has 0 spiro atoms. The number of aryl methyl sites for hydroxylation is 1. The number of aliphatic carboxylic acids is 1. The Hall–Kier alpha value is -2.30. The Morgan fingerprint density at radius 1 is 1.38 bits per heavy atom. The highest BCUT2D eigenvalue weighted by molar-refractivity contribution is 5.82. The second kappa shape index (κ2) is 6.92. The smallest absolute Gasteiger partial charge is 0.326 e. The average molecular weight is 288 g/mol. The summed E-state index contributed by atoms with van der Waals surface area (Å²) in [5.41, 5.74) is 2.57. The zero-order chi connectivity index (χ0) is 15.2. The minimum Gasteiger partial charge on any atom is -0.480 e. The number of fused-ring (bicyclic) bond motifs is 1. The summed E-state index contributed by atoms with van der Waals surface area (Å²) >= 11 is 0. The van der Waals surface area contributed by atoms with Gasteiger partial charge in [-0.2, -0.15) is 0 Å². The molecule has 0 aliphatic heterocycles. The van der Waals surface area contributed by atoms with Gasteiger partial charge in [0.2, 0.25) is 0 Å². The normalized spacial score (nSPS) is 18.2. The van der Waals surface area contributed by atoms with Gasteiger partial charge in [-0.25, -0.2) is 9.59 Å². The number of amides is 2. The van der Waals surface area contributed by atoms with Crippen LogP contribution in [-0.2, 0) is 17.6 Å². The Morgan fingerprint density at radius 3 is 2.76 bits per heavy atom. The molecule has 2 amide bonds. The standard InChI is InChI=1S/C16H20N2O3/c1-2-5-14(15(19)20)18-16(21)17-13-9-8-11-6-3-4-7-12(11)10-13/h2-4,6-7,13-14H,1,5,8-10H2,(H,19,20)(H2,17,18,21). The first-order chi connectivity index (χ1) is 10.1. The number of rotatable bonds is 5. The van der Waals surface area contributed by atoms with Crippen LogP contribution < -0.4 is 10.6 Å². The second-order valence-corrected chi connectivity index (χ2v) is 5.24. The lowest BCUT2D eigenvalue weighted by Gasteiger charge is -2.26. The fraction of sp³-hybridized carbons (Fsp3) is 0.375. The molecule has 2 rings (SSSR count). The SMILES string of the molecule is C=CCC(NC(=O)NC1CCc2ccccc2C1)C(=O)O. The Balaban J connectivity index is 1.89. The van der Waals surface area contributed by atoms with Gasteiger partial charge in [0, 0.05) is 6.04 Å². The zero-order valence-corrected chi connectivity index (χ0v) is 11.8. The van der Waals surface area contributed by atoms with Gasteiger partial charge in [0.1, 0.15) is 6.04 Å². The van der Waals surface area contributed by atoms with Crippen molar-refractivity contribution in [2.45, 2.75) is 37.8 Å². The van der Waals surface area contributed by atoms with E-state index in [1.165, 1.54) is 17.2 Å². The summed E-state index contributed by atoms with van der Waals surface area (Å²) in [6.45, 7) is 3.50. The molecule has 0 radical (unpaired) electrons. The Morgan fingerprint density at radius 2 is 2.10 bits per heavy atom. The van der Waals surface area contributed by atoms with Crippen molar-refractivity contribution >= 4 is 12.0 Å². The van der Waals surface area contributed by atoms with Crippen LogP contribution in [0.2, 0.25) is 0 Å². The molecule has 0 heterocycles. The molecule has 112 valence electrons. The molecular formula is C16H20N2O3. The summed E-state index contributed by atoms with van der Waals surface area (Å²) in [6, 6.07) is 6.86. The zero-order valence-electron chi connectivity index (χ0n) is 11.8. The maximum atomic E-state index is 11.9. The molecule has 21 heavy (non-hydrogen) atoms. The largest absolute Gasteiger partial charge is 0.480 e. The summed E-state index contributed by atoms with van der Waals surface area (Å²) in [5.74, 6) is -1.06. The van der Waals surface area contributed by atoms with Crippen molar-refractivity contribution in [2.75, 3.05) is 0 Å². The number of carboxylic acid groups (broad SMARTS) is 1. The molecule has 5 nitrogen and oxygen atoms in total. The number of hydrogen-bond donors (Lipinski definition) is 3. The van der Waals surface area contributed by atoms with Gasteiger partial charge in [-0.05, 0) is 36.8 Å². The first-order valence-corrected chi connectivity index (χ1v) is 7.07. The maximum Gasteiger partial charge on any atom is 0.326 e. The van der Waals surface area contributed by atoms with Crippen LogP contribution in [0.25, 0.3) is 0 Å². The van der Waals surface area contributed by atoms with Crippen molar-refractivity contribution in [1.82, 2.24) is 10.6 Å². The van der Waals surface area contributed by atoms with Crippen molar-refractivity contribution in [3.05, 3.63) is 48.0 Å². The van der Waals surface area contributed by atoms with Crippen molar-refractivity contribution < 1.29 is 14.7 Å². The van der Waals surface area contributed by atoms with Gasteiger partial charge >= 0.3 is 12.0 Å². The lowest BCUT2D eigenvalue weighted by Crippen LogP contribution is -2.50. The van der Waals surface area contributed by atoms with E-state index in [1.54, 1.807) is 0 Å². The molecular weight excluding hydrogens is 268 g/mol. The first-order valence-electron chi connectivity index (χ1n) is 7.07. The van der Waals surface area contributed by atoms with Crippen LogP contribution in [0.5, 0.6) is 0 Å². The third-order valence-electron chi connectivity index (χ3n) is 3.69. The molecule has 0 saturated heterocycles. The summed E-state index contributed by atoms with van der Waals surface area (Å²) in [6.07, 6.45) is 4.26. The predicted octanol–water partition coefficient (Wildman–Crippen LogP) is 1.87. The molecule has 3 N–H and O–H groups in total. The monoisotopic (exact) mass is 288 g/mol. The van der Waals surface area contributed by atoms with Gasteiger partial charge in [-0.15, -0.1) is 6.58 Å². The number of carboxylic acids is 1. The summed E-state index contributed by atoms with van der Waals surface area (Å²) in [7, 11) is 0. The number of hydrogen-bond acceptors (Lipinski definition) is 2. The minimum absolute atomic E-state index is 0.0399. The van der Waals surface area contributed by atoms with Gasteiger partial charge in [-0.1, -0.05) is 30.3 Å². The molecule has 1 aromatic carbocycles. The number of carbonyl (C=O) groups is 2. The topological polar surface area (TPSA) is 78.4 Å². The minimum atomic E-state index is -1.06. The van der Waals surface area contributed by atoms with E-state index in [0.717, 1.165) is 19.3 Å². The molecule has 5 heteroatoms. The Labute approximate surface area is 124 Å². The molecule has 1 aliphatic carbocycles. The maximum absolute atomic E-state index is 11.9. The predicted molar refractivity (Wildman–Crippen MR) is 80.2 cm³/mol. The molecule has 1 aromatic rings. The highest BCUT2D eigenvalue weighted by atomic mass is 16.4. The fourth-order valence-corrected chi connectivity index (χ4v) is 2.59. The van der Waals surface area contributed by atoms with Crippen molar-refractivity contribution in [3.8, 4) is 0 Å². The van der Waals surface area contributed by atoms with E-state index in [0.29, 0.717) is 0 Å². The molecule has 0 saturated carbocycles. The van der Waals surface area contributed by atoms with E-state index >= 15 is 0 Å². The van der Waals surface area contributed by atoms with Gasteiger partial charge in [0.05, 0.1) is 0 Å². The van der Waals surface area contributed by atoms with Crippen LogP contribution in [0.15, 0.2) is 36.9 Å². The number of carbonyl (C=O) groups excluding carboxylic acids is 1. The second-order valence-electron chi connectivity index (χ2n) is 5.24. The van der Waals surface area contributed by atoms with Crippen LogP contribution in [0, 0.1) is 0 Å². The van der Waals surface area contributed by atoms with E-state index in [2.05, 4.69) is 29.3 Å².